The van der Waals surface area contributed by atoms with Crippen LogP contribution in [0.25, 0.3) is 0 Å². The van der Waals surface area contributed by atoms with Crippen LogP contribution in [0.3, 0.4) is 0 Å². The van der Waals surface area contributed by atoms with Gasteiger partial charge in [-0.1, -0.05) is 0 Å². The van der Waals surface area contributed by atoms with Crippen LogP contribution < -0.4 is 11.1 Å². The monoisotopic (exact) mass is 343 g/mol. The molecule has 0 saturated heterocycles. The lowest BCUT2D eigenvalue weighted by molar-refractivity contribution is -0.0503. The van der Waals surface area contributed by atoms with Gasteiger partial charge in [-0.3, -0.25) is 4.79 Å². The molecule has 4 bridgehead atoms. The number of ether oxygens (including phenoxy) is 1. The molecule has 0 radical (unpaired) electrons. The van der Waals surface area contributed by atoms with Crippen molar-refractivity contribution >= 4 is 11.7 Å². The van der Waals surface area contributed by atoms with Crippen molar-refractivity contribution in [2.75, 3.05) is 19.4 Å². The summed E-state index contributed by atoms with van der Waals surface area (Å²) in [6, 6.07) is 1.89. The lowest BCUT2D eigenvalue weighted by Gasteiger charge is -2.56. The number of carbonyl (C=O) groups excluding carboxylic acids is 1. The lowest BCUT2D eigenvalue weighted by Crippen LogP contribution is -2.51. The molecule has 1 heterocycles. The summed E-state index contributed by atoms with van der Waals surface area (Å²) >= 11 is 0. The topological polar surface area (TPSA) is 77.2 Å². The van der Waals surface area contributed by atoms with Crippen molar-refractivity contribution in [3.63, 3.8) is 0 Å². The summed E-state index contributed by atoms with van der Waals surface area (Å²) in [7, 11) is 1.63. The van der Waals surface area contributed by atoms with Crippen molar-refractivity contribution in [3.8, 4) is 0 Å². The van der Waals surface area contributed by atoms with Gasteiger partial charge in [-0.05, 0) is 80.2 Å². The number of nitrogens with two attached hydrogens (primary N) is 1. The Kier molecular flexibility index (Phi) is 4.22. The maximum absolute atomic E-state index is 12.9. The molecule has 1 aromatic rings. The smallest absolute Gasteiger partial charge is 0.255 e. The van der Waals surface area contributed by atoms with Crippen molar-refractivity contribution in [2.45, 2.75) is 52.1 Å². The summed E-state index contributed by atoms with van der Waals surface area (Å²) in [6.07, 6.45) is 8.10. The predicted molar refractivity (Wildman–Crippen MR) is 97.0 cm³/mol. The molecule has 0 unspecified atom stereocenters. The van der Waals surface area contributed by atoms with Gasteiger partial charge in [0.15, 0.2) is 0 Å². The summed E-state index contributed by atoms with van der Waals surface area (Å²) in [5.41, 5.74) is 8.49. The lowest BCUT2D eigenvalue weighted by atomic mass is 9.49. The number of hydrogen-bond acceptors (Lipinski definition) is 4. The van der Waals surface area contributed by atoms with Gasteiger partial charge >= 0.3 is 0 Å². The second-order valence-electron chi connectivity index (χ2n) is 8.72. The Morgan fingerprint density at radius 1 is 1.28 bits per heavy atom. The first-order valence-electron chi connectivity index (χ1n) is 9.51. The minimum absolute atomic E-state index is 0.104. The normalized spacial score (nSPS) is 32.8. The van der Waals surface area contributed by atoms with Crippen LogP contribution in [-0.2, 0) is 11.3 Å². The molecule has 0 aliphatic heterocycles. The van der Waals surface area contributed by atoms with Crippen LogP contribution in [0.2, 0.25) is 0 Å². The number of methoxy groups -OCH3 is 1. The zero-order valence-electron chi connectivity index (χ0n) is 15.3. The highest BCUT2D eigenvalue weighted by Gasteiger charge is 2.50. The molecular formula is C20H29N3O2. The molecule has 1 amide bonds. The van der Waals surface area contributed by atoms with E-state index in [1.165, 1.54) is 38.5 Å². The van der Waals surface area contributed by atoms with Gasteiger partial charge in [0, 0.05) is 19.3 Å². The SMILES string of the molecule is COCc1cc(C)nc(N)c1C(=O)NCC12CC3CC(CC(C3)C1)C2. The number of hydrogen-bond donors (Lipinski definition) is 2. The largest absolute Gasteiger partial charge is 0.383 e. The van der Waals surface area contributed by atoms with E-state index in [0.29, 0.717) is 23.4 Å². The first-order chi connectivity index (χ1) is 12.0. The first kappa shape index (κ1) is 16.8. The molecule has 4 aliphatic carbocycles. The third kappa shape index (κ3) is 3.14. The predicted octanol–water partition coefficient (Wildman–Crippen LogP) is 3.06. The third-order valence-electron chi connectivity index (χ3n) is 6.57. The Hall–Kier alpha value is -1.62. The molecule has 25 heavy (non-hydrogen) atoms. The van der Waals surface area contributed by atoms with Crippen molar-refractivity contribution in [3.05, 3.63) is 22.9 Å². The van der Waals surface area contributed by atoms with Crippen LogP contribution in [0.5, 0.6) is 0 Å². The number of amides is 1. The van der Waals surface area contributed by atoms with Crippen LogP contribution in [0.15, 0.2) is 6.07 Å². The van der Waals surface area contributed by atoms with E-state index in [2.05, 4.69) is 10.3 Å². The summed E-state index contributed by atoms with van der Waals surface area (Å²) < 4.78 is 5.24. The Morgan fingerprint density at radius 3 is 2.44 bits per heavy atom. The Morgan fingerprint density at radius 2 is 1.88 bits per heavy atom. The standard InChI is InChI=1S/C20H29N3O2/c1-12-3-16(10-25-2)17(18(21)23-12)19(24)22-11-20-7-13-4-14(8-20)6-15(5-13)9-20/h3,13-15H,4-11H2,1-2H3,(H2,21,23)(H,22,24). The quantitative estimate of drug-likeness (QED) is 0.861. The van der Waals surface area contributed by atoms with Gasteiger partial charge in [-0.15, -0.1) is 0 Å². The number of pyridine rings is 1. The van der Waals surface area contributed by atoms with Gasteiger partial charge in [0.25, 0.3) is 5.91 Å². The summed E-state index contributed by atoms with van der Waals surface area (Å²) in [5.74, 6) is 2.86. The molecule has 0 aromatic carbocycles. The van der Waals surface area contributed by atoms with Crippen LogP contribution in [0.4, 0.5) is 5.82 Å². The van der Waals surface area contributed by atoms with Crippen LogP contribution >= 0.6 is 0 Å². The maximum atomic E-state index is 12.9. The average molecular weight is 343 g/mol. The number of carbonyl (C=O) groups is 1. The minimum atomic E-state index is -0.104. The van der Waals surface area contributed by atoms with Crippen LogP contribution in [0, 0.1) is 30.1 Å². The Bertz CT molecular complexity index is 650. The number of nitrogens with zero attached hydrogens (tertiary/aromatic N) is 1. The van der Waals surface area contributed by atoms with Crippen molar-refractivity contribution in [1.82, 2.24) is 10.3 Å². The second-order valence-corrected chi connectivity index (χ2v) is 8.72. The van der Waals surface area contributed by atoms with E-state index in [0.717, 1.165) is 35.6 Å². The highest BCUT2D eigenvalue weighted by molar-refractivity contribution is 5.99. The van der Waals surface area contributed by atoms with Crippen LogP contribution in [-0.4, -0.2) is 24.5 Å². The van der Waals surface area contributed by atoms with E-state index < -0.39 is 0 Å². The first-order valence-corrected chi connectivity index (χ1v) is 9.51. The molecular weight excluding hydrogens is 314 g/mol. The number of anilines is 1. The van der Waals surface area contributed by atoms with E-state index in [4.69, 9.17) is 10.5 Å². The molecule has 1 aromatic heterocycles. The van der Waals surface area contributed by atoms with Gasteiger partial charge in [0.2, 0.25) is 0 Å². The van der Waals surface area contributed by atoms with Gasteiger partial charge in [-0.2, -0.15) is 0 Å². The van der Waals surface area contributed by atoms with E-state index in [1.807, 2.05) is 13.0 Å². The molecule has 136 valence electrons. The van der Waals surface area contributed by atoms with E-state index in [-0.39, 0.29) is 5.91 Å². The summed E-state index contributed by atoms with van der Waals surface area (Å²) in [4.78, 5) is 17.2. The van der Waals surface area contributed by atoms with E-state index in [9.17, 15) is 4.79 Å². The van der Waals surface area contributed by atoms with Gasteiger partial charge < -0.3 is 15.8 Å². The zero-order chi connectivity index (χ0) is 17.6. The molecule has 4 aliphatic rings. The molecule has 0 atom stereocenters. The van der Waals surface area contributed by atoms with E-state index in [1.54, 1.807) is 7.11 Å². The fourth-order valence-corrected chi connectivity index (χ4v) is 6.16. The van der Waals surface area contributed by atoms with Gasteiger partial charge in [0.05, 0.1) is 12.2 Å². The van der Waals surface area contributed by atoms with Gasteiger partial charge in [-0.25, -0.2) is 4.98 Å². The second kappa shape index (κ2) is 6.27. The Labute approximate surface area is 149 Å². The average Bonchev–Trinajstić information content (AvgIpc) is 2.51. The highest BCUT2D eigenvalue weighted by Crippen LogP contribution is 2.59. The number of nitrogens with one attached hydrogen (secondary N) is 1. The van der Waals surface area contributed by atoms with Crippen molar-refractivity contribution < 1.29 is 9.53 Å². The highest BCUT2D eigenvalue weighted by atomic mass is 16.5. The van der Waals surface area contributed by atoms with Gasteiger partial charge in [0.1, 0.15) is 5.82 Å². The minimum Gasteiger partial charge on any atom is -0.383 e. The number of nitrogen functional groups attached to an aromatic ring is 1. The fourth-order valence-electron chi connectivity index (χ4n) is 6.16. The third-order valence-corrected chi connectivity index (χ3v) is 6.57. The number of aryl methyl sites for hydroxylation is 1. The maximum Gasteiger partial charge on any atom is 0.255 e. The molecule has 5 nitrogen and oxygen atoms in total. The fraction of sp³-hybridized carbons (Fsp3) is 0.700. The Balaban J connectivity index is 1.50. The zero-order valence-corrected chi connectivity index (χ0v) is 15.3. The van der Waals surface area contributed by atoms with Crippen LogP contribution in [0.1, 0.15) is 60.1 Å². The molecule has 5 heteroatoms. The van der Waals surface area contributed by atoms with Crippen molar-refractivity contribution in [1.29, 1.82) is 0 Å². The molecule has 4 fully saturated rings. The van der Waals surface area contributed by atoms with E-state index >= 15 is 0 Å². The summed E-state index contributed by atoms with van der Waals surface area (Å²) in [6.45, 7) is 3.02. The molecule has 0 spiro atoms. The molecule has 4 saturated carbocycles. The summed E-state index contributed by atoms with van der Waals surface area (Å²) in [5, 5.41) is 3.20. The number of aromatic nitrogens is 1. The number of rotatable bonds is 5. The van der Waals surface area contributed by atoms with Crippen molar-refractivity contribution in [2.24, 2.45) is 23.2 Å². The molecule has 3 N–H and O–H groups in total. The molecule has 5 rings (SSSR count).